The first-order chi connectivity index (χ1) is 22.2. The molecule has 1 aromatic heterocycles. The fourth-order valence-corrected chi connectivity index (χ4v) is 11.7. The molecule has 4 aliphatic carbocycles. The van der Waals surface area contributed by atoms with E-state index >= 15 is 0 Å². The van der Waals surface area contributed by atoms with Crippen LogP contribution in [-0.4, -0.2) is 98.7 Å². The van der Waals surface area contributed by atoms with Crippen LogP contribution in [0.25, 0.3) is 10.8 Å². The Balaban J connectivity index is 0.922. The van der Waals surface area contributed by atoms with E-state index in [9.17, 15) is 19.8 Å². The quantitative estimate of drug-likeness (QED) is 0.511. The average molecular weight is 629 g/mol. The van der Waals surface area contributed by atoms with Crippen LogP contribution in [0, 0.1) is 34.5 Å². The number of benzene rings is 1. The van der Waals surface area contributed by atoms with E-state index in [-0.39, 0.29) is 40.9 Å². The molecule has 46 heavy (non-hydrogen) atoms. The molecule has 2 saturated heterocycles. The van der Waals surface area contributed by atoms with Crippen LogP contribution >= 0.6 is 0 Å². The number of nitrogens with zero attached hydrogens (tertiary/aromatic N) is 4. The van der Waals surface area contributed by atoms with Crippen molar-refractivity contribution in [3.63, 3.8) is 0 Å². The van der Waals surface area contributed by atoms with Crippen molar-refractivity contribution in [1.82, 2.24) is 19.7 Å². The fraction of sp³-hybridized carbons (Fsp3) is 0.711. The number of aliphatic hydroxyl groups excluding tert-OH is 2. The monoisotopic (exact) mass is 628 g/mol. The molecule has 6 aliphatic rings. The Morgan fingerprint density at radius 3 is 2.43 bits per heavy atom. The molecule has 2 amide bonds. The second kappa shape index (κ2) is 11.6. The summed E-state index contributed by atoms with van der Waals surface area (Å²) in [6.45, 7) is 8.29. The van der Waals surface area contributed by atoms with E-state index in [4.69, 9.17) is 0 Å². The highest BCUT2D eigenvalue weighted by Crippen LogP contribution is 2.66. The van der Waals surface area contributed by atoms with Crippen LogP contribution in [0.4, 0.5) is 0 Å². The second-order valence-corrected chi connectivity index (χ2v) is 16.3. The van der Waals surface area contributed by atoms with Crippen molar-refractivity contribution >= 4 is 22.6 Å². The summed E-state index contributed by atoms with van der Waals surface area (Å²) in [4.78, 5) is 38.1. The first kappa shape index (κ1) is 30.8. The summed E-state index contributed by atoms with van der Waals surface area (Å²) in [5.74, 6) is 2.48. The van der Waals surface area contributed by atoms with Crippen LogP contribution in [0.3, 0.4) is 0 Å². The summed E-state index contributed by atoms with van der Waals surface area (Å²) >= 11 is 0. The van der Waals surface area contributed by atoms with E-state index in [0.717, 1.165) is 56.0 Å². The topological polar surface area (TPSA) is 97.2 Å². The van der Waals surface area contributed by atoms with E-state index in [2.05, 4.69) is 23.7 Å². The normalized spacial score (nSPS) is 41.2. The SMILES string of the molecule is C[C@]12C[C@H](N3CCN(C(=O)[C@@H]4CCCN4C(=O)c4cc5ccccc5cn4)CC3)[C@@H](O)C[C@@H]1CC[C@@H]1[C@@H]2CC[C@]2(C)[C@@H](O)CC[C@@H]12. The van der Waals surface area contributed by atoms with Crippen molar-refractivity contribution in [2.75, 3.05) is 32.7 Å². The maximum absolute atomic E-state index is 13.9. The van der Waals surface area contributed by atoms with E-state index in [1.54, 1.807) is 11.1 Å². The molecule has 0 radical (unpaired) electrons. The van der Waals surface area contributed by atoms with Gasteiger partial charge in [0.1, 0.15) is 11.7 Å². The van der Waals surface area contributed by atoms with Gasteiger partial charge >= 0.3 is 0 Å². The van der Waals surface area contributed by atoms with Gasteiger partial charge in [0.25, 0.3) is 5.91 Å². The third kappa shape index (κ3) is 4.83. The van der Waals surface area contributed by atoms with E-state index < -0.39 is 6.04 Å². The summed E-state index contributed by atoms with van der Waals surface area (Å²) in [6, 6.07) is 9.44. The zero-order chi connectivity index (χ0) is 31.8. The molecule has 248 valence electrons. The van der Waals surface area contributed by atoms with Crippen LogP contribution in [0.5, 0.6) is 0 Å². The Morgan fingerprint density at radius 1 is 0.870 bits per heavy atom. The smallest absolute Gasteiger partial charge is 0.273 e. The van der Waals surface area contributed by atoms with Crippen LogP contribution in [0.1, 0.15) is 88.5 Å². The third-order valence-corrected chi connectivity index (χ3v) is 14.4. The molecule has 10 atom stereocenters. The molecule has 2 aromatic rings. The molecule has 0 bridgehead atoms. The van der Waals surface area contributed by atoms with Gasteiger partial charge in [0.05, 0.1) is 12.2 Å². The van der Waals surface area contributed by atoms with Crippen molar-refractivity contribution in [1.29, 1.82) is 0 Å². The number of carbonyl (C=O) groups excluding carboxylic acids is 2. The lowest BCUT2D eigenvalue weighted by Crippen LogP contribution is -2.62. The van der Waals surface area contributed by atoms with Gasteiger partial charge in [-0.05, 0) is 110 Å². The molecule has 8 heteroatoms. The van der Waals surface area contributed by atoms with Crippen LogP contribution in [0.15, 0.2) is 36.5 Å². The number of carbonyl (C=O) groups is 2. The number of aromatic nitrogens is 1. The summed E-state index contributed by atoms with van der Waals surface area (Å²) in [5, 5.41) is 24.4. The van der Waals surface area contributed by atoms with Gasteiger partial charge in [0, 0.05) is 50.3 Å². The number of pyridine rings is 1. The summed E-state index contributed by atoms with van der Waals surface area (Å²) in [7, 11) is 0. The van der Waals surface area contributed by atoms with Crippen LogP contribution < -0.4 is 0 Å². The van der Waals surface area contributed by atoms with Crippen molar-refractivity contribution in [3.05, 3.63) is 42.2 Å². The van der Waals surface area contributed by atoms with Gasteiger partial charge in [0.2, 0.25) is 5.91 Å². The van der Waals surface area contributed by atoms with Gasteiger partial charge in [-0.15, -0.1) is 0 Å². The second-order valence-electron chi connectivity index (χ2n) is 16.3. The molecule has 1 aromatic carbocycles. The molecular weight excluding hydrogens is 576 g/mol. The molecule has 6 fully saturated rings. The first-order valence-electron chi connectivity index (χ1n) is 18.2. The minimum atomic E-state index is -0.433. The summed E-state index contributed by atoms with van der Waals surface area (Å²) < 4.78 is 0. The lowest BCUT2D eigenvalue weighted by atomic mass is 9.44. The molecule has 2 aliphatic heterocycles. The van der Waals surface area contributed by atoms with Crippen LogP contribution in [-0.2, 0) is 4.79 Å². The van der Waals surface area contributed by atoms with Crippen molar-refractivity contribution in [3.8, 4) is 0 Å². The Labute approximate surface area is 273 Å². The van der Waals surface area contributed by atoms with E-state index in [1.807, 2.05) is 35.2 Å². The van der Waals surface area contributed by atoms with Crippen molar-refractivity contribution < 1.29 is 19.8 Å². The number of amides is 2. The van der Waals surface area contributed by atoms with Gasteiger partial charge in [-0.2, -0.15) is 0 Å². The van der Waals surface area contributed by atoms with Gasteiger partial charge in [-0.3, -0.25) is 19.5 Å². The zero-order valence-electron chi connectivity index (χ0n) is 27.7. The number of rotatable bonds is 3. The first-order valence-corrected chi connectivity index (χ1v) is 18.2. The number of likely N-dealkylation sites (tertiary alicyclic amines) is 1. The standard InChI is InChI=1S/C38H52N4O4/c1-37-14-13-29-27(28(37)11-12-34(37)44)10-9-26-21-33(43)32(22-38(26,29)2)40-16-18-41(19-17-40)36(46)31-8-5-15-42(31)35(45)30-20-24-6-3-4-7-25(24)23-39-30/h3-4,6-7,20,23,26-29,31-34,43-44H,5,8-19,21-22H2,1-2H3/t26-,27-,28-,29-,31-,32-,33-,34-,37-,38-/m0/s1. The van der Waals surface area contributed by atoms with E-state index in [0.29, 0.717) is 55.4 Å². The average Bonchev–Trinajstić information content (AvgIpc) is 3.68. The van der Waals surface area contributed by atoms with Gasteiger partial charge in [-0.1, -0.05) is 38.1 Å². The fourth-order valence-electron chi connectivity index (χ4n) is 11.7. The minimum absolute atomic E-state index is 0.0571. The molecule has 8 nitrogen and oxygen atoms in total. The Bertz CT molecular complexity index is 1490. The maximum Gasteiger partial charge on any atom is 0.273 e. The molecule has 3 heterocycles. The maximum atomic E-state index is 13.9. The number of hydrogen-bond acceptors (Lipinski definition) is 6. The zero-order valence-corrected chi connectivity index (χ0v) is 27.7. The molecule has 8 rings (SSSR count). The highest BCUT2D eigenvalue weighted by molar-refractivity contribution is 5.99. The van der Waals surface area contributed by atoms with Crippen LogP contribution in [0.2, 0.25) is 0 Å². The molecular formula is C38H52N4O4. The highest BCUT2D eigenvalue weighted by atomic mass is 16.3. The number of aliphatic hydroxyl groups is 2. The van der Waals surface area contributed by atoms with Gasteiger partial charge < -0.3 is 20.0 Å². The molecule has 0 unspecified atom stereocenters. The Hall–Kier alpha value is -2.55. The van der Waals surface area contributed by atoms with Crippen molar-refractivity contribution in [2.45, 2.75) is 102 Å². The molecule has 4 saturated carbocycles. The Morgan fingerprint density at radius 2 is 1.63 bits per heavy atom. The number of fused-ring (bicyclic) bond motifs is 6. The lowest BCUT2D eigenvalue weighted by Gasteiger charge is -2.62. The summed E-state index contributed by atoms with van der Waals surface area (Å²) in [6.07, 6.45) is 11.6. The molecule has 0 spiro atoms. The summed E-state index contributed by atoms with van der Waals surface area (Å²) in [5.41, 5.74) is 0.709. The predicted octanol–water partition coefficient (Wildman–Crippen LogP) is 4.73. The van der Waals surface area contributed by atoms with Gasteiger partial charge in [-0.25, -0.2) is 0 Å². The van der Waals surface area contributed by atoms with Crippen molar-refractivity contribution in [2.24, 2.45) is 34.5 Å². The van der Waals surface area contributed by atoms with E-state index in [1.165, 1.54) is 25.7 Å². The highest BCUT2D eigenvalue weighted by Gasteiger charge is 2.61. The molecule has 2 N–H and O–H groups in total. The third-order valence-electron chi connectivity index (χ3n) is 14.4. The largest absolute Gasteiger partial charge is 0.393 e. The lowest BCUT2D eigenvalue weighted by molar-refractivity contribution is -0.157. The minimum Gasteiger partial charge on any atom is -0.393 e. The number of piperazine rings is 1. The van der Waals surface area contributed by atoms with Gasteiger partial charge in [0.15, 0.2) is 0 Å². The predicted molar refractivity (Wildman–Crippen MR) is 177 cm³/mol. The Kier molecular flexibility index (Phi) is 7.73. The number of hydrogen-bond donors (Lipinski definition) is 2.